The molecule has 2 rings (SSSR count). The van der Waals surface area contributed by atoms with Crippen LogP contribution in [-0.4, -0.2) is 24.6 Å². The fourth-order valence-electron chi connectivity index (χ4n) is 2.18. The number of nitriles is 1. The van der Waals surface area contributed by atoms with Crippen molar-refractivity contribution < 1.29 is 9.53 Å². The number of urea groups is 1. The monoisotopic (exact) mass is 309 g/mol. The number of ether oxygens (including phenoxy) is 1. The zero-order valence-electron chi connectivity index (χ0n) is 13.0. The van der Waals surface area contributed by atoms with Crippen molar-refractivity contribution in [1.29, 1.82) is 5.26 Å². The number of carbonyl (C=O) groups excluding carboxylic acids is 1. The van der Waals surface area contributed by atoms with E-state index in [4.69, 9.17) is 10.00 Å². The normalized spacial score (nSPS) is 9.74. The highest BCUT2D eigenvalue weighted by Gasteiger charge is 2.15. The third-order valence-corrected chi connectivity index (χ3v) is 3.35. The average molecular weight is 309 g/mol. The Kier molecular flexibility index (Phi) is 6.01. The topological polar surface area (TPSA) is 65.4 Å². The first-order valence-corrected chi connectivity index (χ1v) is 7.34. The second-order valence-electron chi connectivity index (χ2n) is 4.95. The molecule has 0 bridgehead atoms. The minimum absolute atomic E-state index is 0.256. The quantitative estimate of drug-likeness (QED) is 0.886. The predicted octanol–water partition coefficient (Wildman–Crippen LogP) is 3.64. The first-order valence-electron chi connectivity index (χ1n) is 7.34. The maximum atomic E-state index is 12.5. The summed E-state index contributed by atoms with van der Waals surface area (Å²) in [5.74, 6) is 0.598. The smallest absolute Gasteiger partial charge is 0.322 e. The maximum Gasteiger partial charge on any atom is 0.322 e. The van der Waals surface area contributed by atoms with Crippen LogP contribution in [0.1, 0.15) is 12.0 Å². The number of hydrogen-bond donors (Lipinski definition) is 1. The van der Waals surface area contributed by atoms with Gasteiger partial charge in [0.25, 0.3) is 0 Å². The van der Waals surface area contributed by atoms with E-state index in [0.29, 0.717) is 24.5 Å². The molecule has 0 radical (unpaired) electrons. The van der Waals surface area contributed by atoms with Crippen molar-refractivity contribution in [1.82, 2.24) is 4.90 Å². The number of hydrogen-bond acceptors (Lipinski definition) is 3. The standard InChI is InChI=1S/C18H19N3O2/c1-23-17-11-6-5-10-16(17)20-18(22)21(13-7-12-19)14-15-8-3-2-4-9-15/h2-6,8-11H,7,13-14H2,1H3,(H,20,22). The van der Waals surface area contributed by atoms with Gasteiger partial charge in [0, 0.05) is 13.1 Å². The summed E-state index contributed by atoms with van der Waals surface area (Å²) in [6.45, 7) is 0.815. The van der Waals surface area contributed by atoms with Crippen molar-refractivity contribution in [3.05, 3.63) is 60.2 Å². The largest absolute Gasteiger partial charge is 0.495 e. The summed E-state index contributed by atoms with van der Waals surface area (Å²) in [4.78, 5) is 14.2. The van der Waals surface area contributed by atoms with Crippen LogP contribution in [0.2, 0.25) is 0 Å². The van der Waals surface area contributed by atoms with Crippen LogP contribution >= 0.6 is 0 Å². The lowest BCUT2D eigenvalue weighted by Gasteiger charge is -2.22. The highest BCUT2D eigenvalue weighted by molar-refractivity contribution is 5.91. The molecule has 0 aliphatic heterocycles. The highest BCUT2D eigenvalue weighted by Crippen LogP contribution is 2.23. The van der Waals surface area contributed by atoms with Crippen LogP contribution in [0.3, 0.4) is 0 Å². The Morgan fingerprint density at radius 3 is 2.57 bits per heavy atom. The molecule has 2 aromatic rings. The Bertz CT molecular complexity index is 680. The summed E-state index contributed by atoms with van der Waals surface area (Å²) >= 11 is 0. The fraction of sp³-hybridized carbons (Fsp3) is 0.222. The first-order chi connectivity index (χ1) is 11.2. The third-order valence-electron chi connectivity index (χ3n) is 3.35. The van der Waals surface area contributed by atoms with Gasteiger partial charge < -0.3 is 15.0 Å². The van der Waals surface area contributed by atoms with Gasteiger partial charge in [0.15, 0.2) is 0 Å². The molecule has 5 nitrogen and oxygen atoms in total. The van der Waals surface area contributed by atoms with Gasteiger partial charge in [-0.2, -0.15) is 5.26 Å². The van der Waals surface area contributed by atoms with E-state index < -0.39 is 0 Å². The van der Waals surface area contributed by atoms with Crippen LogP contribution in [0, 0.1) is 11.3 Å². The lowest BCUT2D eigenvalue weighted by Crippen LogP contribution is -2.35. The van der Waals surface area contributed by atoms with Gasteiger partial charge in [-0.15, -0.1) is 0 Å². The van der Waals surface area contributed by atoms with Crippen LogP contribution in [0.15, 0.2) is 54.6 Å². The average Bonchev–Trinajstić information content (AvgIpc) is 2.60. The third kappa shape index (κ3) is 4.75. The number of benzene rings is 2. The van der Waals surface area contributed by atoms with Crippen molar-refractivity contribution in [2.45, 2.75) is 13.0 Å². The molecule has 0 spiro atoms. The Morgan fingerprint density at radius 2 is 1.87 bits per heavy atom. The summed E-state index contributed by atoms with van der Waals surface area (Å²) in [7, 11) is 1.56. The number of nitrogens with one attached hydrogen (secondary N) is 1. The fourth-order valence-corrected chi connectivity index (χ4v) is 2.18. The van der Waals surface area contributed by atoms with Crippen molar-refractivity contribution in [2.75, 3.05) is 19.0 Å². The van der Waals surface area contributed by atoms with Crippen molar-refractivity contribution in [2.24, 2.45) is 0 Å². The molecule has 0 saturated heterocycles. The van der Waals surface area contributed by atoms with Gasteiger partial charge in [-0.05, 0) is 17.7 Å². The van der Waals surface area contributed by atoms with Gasteiger partial charge in [-0.1, -0.05) is 42.5 Å². The van der Waals surface area contributed by atoms with Crippen LogP contribution in [0.4, 0.5) is 10.5 Å². The molecular formula is C18H19N3O2. The zero-order chi connectivity index (χ0) is 16.5. The van der Waals surface area contributed by atoms with Gasteiger partial charge in [-0.3, -0.25) is 0 Å². The van der Waals surface area contributed by atoms with Gasteiger partial charge >= 0.3 is 6.03 Å². The van der Waals surface area contributed by atoms with Crippen molar-refractivity contribution in [3.63, 3.8) is 0 Å². The predicted molar refractivity (Wildman–Crippen MR) is 89.1 cm³/mol. The summed E-state index contributed by atoms with van der Waals surface area (Å²) in [5, 5.41) is 11.6. The van der Waals surface area contributed by atoms with Crippen molar-refractivity contribution >= 4 is 11.7 Å². The van der Waals surface area contributed by atoms with Gasteiger partial charge in [0.05, 0.1) is 25.3 Å². The molecule has 0 aromatic heterocycles. The maximum absolute atomic E-state index is 12.5. The number of para-hydroxylation sites is 2. The lowest BCUT2D eigenvalue weighted by molar-refractivity contribution is 0.210. The van der Waals surface area contributed by atoms with E-state index in [1.165, 1.54) is 0 Å². The molecule has 2 amide bonds. The van der Waals surface area contributed by atoms with E-state index in [9.17, 15) is 4.79 Å². The van der Waals surface area contributed by atoms with Gasteiger partial charge in [0.2, 0.25) is 0 Å². The molecule has 2 aromatic carbocycles. The van der Waals surface area contributed by atoms with E-state index in [0.717, 1.165) is 5.56 Å². The van der Waals surface area contributed by atoms with E-state index >= 15 is 0 Å². The summed E-state index contributed by atoms with van der Waals surface area (Å²) < 4.78 is 5.24. The molecule has 118 valence electrons. The van der Waals surface area contributed by atoms with Crippen molar-refractivity contribution in [3.8, 4) is 11.8 Å². The molecule has 23 heavy (non-hydrogen) atoms. The minimum Gasteiger partial charge on any atom is -0.495 e. The van der Waals surface area contributed by atoms with Crippen LogP contribution in [-0.2, 0) is 6.54 Å². The SMILES string of the molecule is COc1ccccc1NC(=O)N(CCC#N)Cc1ccccc1. The van der Waals surface area contributed by atoms with E-state index in [1.54, 1.807) is 24.1 Å². The number of carbonyl (C=O) groups is 1. The van der Waals surface area contributed by atoms with Gasteiger partial charge in [0.1, 0.15) is 5.75 Å². The molecule has 0 saturated carbocycles. The Balaban J connectivity index is 2.11. The molecule has 0 atom stereocenters. The lowest BCUT2D eigenvalue weighted by atomic mass is 10.2. The molecule has 1 N–H and O–H groups in total. The Hall–Kier alpha value is -3.00. The van der Waals surface area contributed by atoms with Crippen LogP contribution in [0.5, 0.6) is 5.75 Å². The van der Waals surface area contributed by atoms with Crippen LogP contribution in [0.25, 0.3) is 0 Å². The molecule has 0 heterocycles. The van der Waals surface area contributed by atoms with Gasteiger partial charge in [-0.25, -0.2) is 4.79 Å². The molecule has 0 fully saturated rings. The van der Waals surface area contributed by atoms with E-state index in [2.05, 4.69) is 11.4 Å². The van der Waals surface area contributed by atoms with E-state index in [-0.39, 0.29) is 12.5 Å². The minimum atomic E-state index is -0.256. The zero-order valence-corrected chi connectivity index (χ0v) is 13.0. The first kappa shape index (κ1) is 16.4. The molecule has 5 heteroatoms. The molecule has 0 unspecified atom stereocenters. The molecular weight excluding hydrogens is 290 g/mol. The Labute approximate surface area is 136 Å². The highest BCUT2D eigenvalue weighted by atomic mass is 16.5. The van der Waals surface area contributed by atoms with Crippen LogP contribution < -0.4 is 10.1 Å². The number of anilines is 1. The summed E-state index contributed by atoms with van der Waals surface area (Å²) in [6.07, 6.45) is 0.284. The second-order valence-corrected chi connectivity index (χ2v) is 4.95. The number of nitrogens with zero attached hydrogens (tertiary/aromatic N) is 2. The number of amides is 2. The molecule has 0 aliphatic carbocycles. The molecule has 0 aliphatic rings. The second kappa shape index (κ2) is 8.44. The number of rotatable bonds is 6. The number of methoxy groups -OCH3 is 1. The Morgan fingerprint density at radius 1 is 1.17 bits per heavy atom. The van der Waals surface area contributed by atoms with E-state index in [1.807, 2.05) is 42.5 Å². The summed E-state index contributed by atoms with van der Waals surface area (Å²) in [5.41, 5.74) is 1.62. The summed E-state index contributed by atoms with van der Waals surface area (Å²) in [6, 6.07) is 18.7.